The highest BCUT2D eigenvalue weighted by atomic mass is 16.5. The van der Waals surface area contributed by atoms with Crippen molar-refractivity contribution in [3.8, 4) is 0 Å². The Morgan fingerprint density at radius 1 is 1.05 bits per heavy atom. The van der Waals surface area contributed by atoms with Gasteiger partial charge in [0.05, 0.1) is 12.2 Å². The van der Waals surface area contributed by atoms with E-state index < -0.39 is 0 Å². The van der Waals surface area contributed by atoms with E-state index in [1.165, 1.54) is 5.56 Å². The van der Waals surface area contributed by atoms with Gasteiger partial charge in [-0.2, -0.15) is 0 Å². The van der Waals surface area contributed by atoms with E-state index in [0.717, 1.165) is 32.7 Å². The highest BCUT2D eigenvalue weighted by molar-refractivity contribution is 5.18. The molecule has 1 heterocycles. The van der Waals surface area contributed by atoms with Gasteiger partial charge < -0.3 is 9.64 Å². The lowest BCUT2D eigenvalue weighted by Crippen LogP contribution is -2.46. The number of hydrogen-bond donors (Lipinski definition) is 0. The molecule has 2 rings (SSSR count). The van der Waals surface area contributed by atoms with Crippen LogP contribution in [0.25, 0.3) is 0 Å². The average molecular weight is 262 g/mol. The second-order valence-electron chi connectivity index (χ2n) is 5.69. The van der Waals surface area contributed by atoms with Crippen LogP contribution < -0.4 is 0 Å². The minimum absolute atomic E-state index is 0.185. The van der Waals surface area contributed by atoms with E-state index in [9.17, 15) is 0 Å². The molecular formula is C16H26N2O. The summed E-state index contributed by atoms with van der Waals surface area (Å²) in [5, 5.41) is 0. The van der Waals surface area contributed by atoms with Gasteiger partial charge in [0.1, 0.15) is 0 Å². The number of rotatable bonds is 5. The molecule has 0 amide bonds. The molecule has 1 fully saturated rings. The Balaban J connectivity index is 1.98. The summed E-state index contributed by atoms with van der Waals surface area (Å²) in [6.07, 6.45) is 0.447. The first kappa shape index (κ1) is 14.5. The summed E-state index contributed by atoms with van der Waals surface area (Å²) in [5.41, 5.74) is 1.29. The number of hydrogen-bond acceptors (Lipinski definition) is 3. The molecular weight excluding hydrogens is 236 g/mol. The van der Waals surface area contributed by atoms with Crippen molar-refractivity contribution in [1.29, 1.82) is 0 Å². The topological polar surface area (TPSA) is 15.7 Å². The Bertz CT molecular complexity index is 358. The van der Waals surface area contributed by atoms with Crippen molar-refractivity contribution in [3.05, 3.63) is 35.9 Å². The fraction of sp³-hybridized carbons (Fsp3) is 0.625. The molecule has 1 aromatic rings. The summed E-state index contributed by atoms with van der Waals surface area (Å²) in [6.45, 7) is 9.81. The Morgan fingerprint density at radius 2 is 1.68 bits per heavy atom. The Morgan fingerprint density at radius 3 is 2.26 bits per heavy atom. The Kier molecular flexibility index (Phi) is 5.37. The number of piperazine rings is 1. The third-order valence-electron chi connectivity index (χ3n) is 3.63. The quantitative estimate of drug-likeness (QED) is 0.810. The zero-order valence-corrected chi connectivity index (χ0v) is 12.4. The van der Waals surface area contributed by atoms with Crippen molar-refractivity contribution in [2.24, 2.45) is 0 Å². The fourth-order valence-electron chi connectivity index (χ4n) is 2.49. The molecule has 1 aromatic carbocycles. The van der Waals surface area contributed by atoms with Gasteiger partial charge in [0.25, 0.3) is 0 Å². The molecule has 0 aromatic heterocycles. The van der Waals surface area contributed by atoms with Gasteiger partial charge in [0, 0.05) is 32.7 Å². The van der Waals surface area contributed by atoms with E-state index in [1.807, 2.05) is 0 Å². The molecule has 0 bridgehead atoms. The molecule has 0 N–H and O–H groups in total. The molecule has 0 aliphatic carbocycles. The third kappa shape index (κ3) is 4.60. The van der Waals surface area contributed by atoms with Crippen molar-refractivity contribution >= 4 is 0 Å². The summed E-state index contributed by atoms with van der Waals surface area (Å²) < 4.78 is 6.11. The number of nitrogens with zero attached hydrogens (tertiary/aromatic N) is 2. The smallest absolute Gasteiger partial charge is 0.0955 e. The van der Waals surface area contributed by atoms with Crippen LogP contribution in [0, 0.1) is 0 Å². The second-order valence-corrected chi connectivity index (χ2v) is 5.69. The molecule has 0 radical (unpaired) electrons. The van der Waals surface area contributed by atoms with Crippen LogP contribution in [0.3, 0.4) is 0 Å². The average Bonchev–Trinajstić information content (AvgIpc) is 2.41. The van der Waals surface area contributed by atoms with Gasteiger partial charge in [0.15, 0.2) is 0 Å². The van der Waals surface area contributed by atoms with E-state index >= 15 is 0 Å². The van der Waals surface area contributed by atoms with Gasteiger partial charge in [-0.3, -0.25) is 4.90 Å². The molecule has 0 saturated carbocycles. The maximum Gasteiger partial charge on any atom is 0.0955 e. The van der Waals surface area contributed by atoms with Crippen LogP contribution in [0.4, 0.5) is 0 Å². The van der Waals surface area contributed by atoms with Gasteiger partial charge >= 0.3 is 0 Å². The number of likely N-dealkylation sites (N-methyl/N-ethyl adjacent to an activating group) is 1. The Labute approximate surface area is 117 Å². The minimum atomic E-state index is 0.185. The molecule has 3 nitrogen and oxygen atoms in total. The maximum absolute atomic E-state index is 6.11. The summed E-state index contributed by atoms with van der Waals surface area (Å²) in [4.78, 5) is 4.90. The second kappa shape index (κ2) is 7.04. The molecule has 106 valence electrons. The van der Waals surface area contributed by atoms with Crippen LogP contribution in [0.5, 0.6) is 0 Å². The molecule has 0 spiro atoms. The van der Waals surface area contributed by atoms with Crippen LogP contribution >= 0.6 is 0 Å². The predicted molar refractivity (Wildman–Crippen MR) is 79.3 cm³/mol. The highest BCUT2D eigenvalue weighted by Crippen LogP contribution is 2.21. The lowest BCUT2D eigenvalue weighted by atomic mass is 10.1. The fourth-order valence-corrected chi connectivity index (χ4v) is 2.49. The summed E-state index contributed by atoms with van der Waals surface area (Å²) in [6, 6.07) is 10.6. The SMILES string of the molecule is CC(C)OC(CN1CCN(C)CC1)c1ccccc1. The first-order chi connectivity index (χ1) is 9.15. The largest absolute Gasteiger partial charge is 0.370 e. The summed E-state index contributed by atoms with van der Waals surface area (Å²) in [5.74, 6) is 0. The predicted octanol–water partition coefficient (Wildman–Crippen LogP) is 2.40. The van der Waals surface area contributed by atoms with Crippen molar-refractivity contribution < 1.29 is 4.74 Å². The van der Waals surface area contributed by atoms with Crippen molar-refractivity contribution in [3.63, 3.8) is 0 Å². The maximum atomic E-state index is 6.11. The standard InChI is InChI=1S/C16H26N2O/c1-14(2)19-16(15-7-5-4-6-8-15)13-18-11-9-17(3)10-12-18/h4-8,14,16H,9-13H2,1-3H3. The molecule has 1 saturated heterocycles. The first-order valence-corrected chi connectivity index (χ1v) is 7.26. The lowest BCUT2D eigenvalue weighted by molar-refractivity contribution is -0.0199. The van der Waals surface area contributed by atoms with Gasteiger partial charge in [-0.25, -0.2) is 0 Å². The Hall–Kier alpha value is -0.900. The van der Waals surface area contributed by atoms with Gasteiger partial charge in [-0.15, -0.1) is 0 Å². The summed E-state index contributed by atoms with van der Waals surface area (Å²) in [7, 11) is 2.19. The van der Waals surface area contributed by atoms with E-state index in [4.69, 9.17) is 4.74 Å². The van der Waals surface area contributed by atoms with Gasteiger partial charge in [-0.05, 0) is 26.5 Å². The summed E-state index contributed by atoms with van der Waals surface area (Å²) >= 11 is 0. The number of benzene rings is 1. The molecule has 1 aliphatic rings. The first-order valence-electron chi connectivity index (χ1n) is 7.26. The normalized spacial score (nSPS) is 19.8. The van der Waals surface area contributed by atoms with Crippen molar-refractivity contribution in [2.75, 3.05) is 39.8 Å². The van der Waals surface area contributed by atoms with Crippen LogP contribution in [-0.2, 0) is 4.74 Å². The van der Waals surface area contributed by atoms with Crippen LogP contribution in [0.1, 0.15) is 25.5 Å². The zero-order valence-electron chi connectivity index (χ0n) is 12.4. The van der Waals surface area contributed by atoms with E-state index in [1.54, 1.807) is 0 Å². The van der Waals surface area contributed by atoms with Gasteiger partial charge in [-0.1, -0.05) is 30.3 Å². The van der Waals surface area contributed by atoms with Crippen LogP contribution in [-0.4, -0.2) is 55.7 Å². The van der Waals surface area contributed by atoms with E-state index in [-0.39, 0.29) is 12.2 Å². The van der Waals surface area contributed by atoms with Crippen LogP contribution in [0.15, 0.2) is 30.3 Å². The van der Waals surface area contributed by atoms with E-state index in [2.05, 4.69) is 61.0 Å². The molecule has 1 atom stereocenters. The van der Waals surface area contributed by atoms with Crippen LogP contribution in [0.2, 0.25) is 0 Å². The molecule has 1 aliphatic heterocycles. The zero-order chi connectivity index (χ0) is 13.7. The number of ether oxygens (including phenoxy) is 1. The monoisotopic (exact) mass is 262 g/mol. The lowest BCUT2D eigenvalue weighted by Gasteiger charge is -2.35. The third-order valence-corrected chi connectivity index (χ3v) is 3.63. The van der Waals surface area contributed by atoms with E-state index in [0.29, 0.717) is 0 Å². The van der Waals surface area contributed by atoms with Gasteiger partial charge in [0.2, 0.25) is 0 Å². The molecule has 3 heteroatoms. The van der Waals surface area contributed by atoms with Crippen molar-refractivity contribution in [2.45, 2.75) is 26.1 Å². The molecule has 1 unspecified atom stereocenters. The molecule has 19 heavy (non-hydrogen) atoms. The minimum Gasteiger partial charge on any atom is -0.370 e. The highest BCUT2D eigenvalue weighted by Gasteiger charge is 2.20. The van der Waals surface area contributed by atoms with Crippen molar-refractivity contribution in [1.82, 2.24) is 9.80 Å².